The molecule has 0 aromatic heterocycles. The van der Waals surface area contributed by atoms with Gasteiger partial charge in [0.05, 0.1) is 33.0 Å². The molecule has 0 aliphatic rings. The highest BCUT2D eigenvalue weighted by Gasteiger charge is 2.06. The maximum absolute atomic E-state index is 11.6. The zero-order valence-electron chi connectivity index (χ0n) is 26.3. The van der Waals surface area contributed by atoms with Crippen LogP contribution in [-0.2, 0) is 57.1 Å². The van der Waals surface area contributed by atoms with Crippen LogP contribution in [0.5, 0.6) is 0 Å². The van der Waals surface area contributed by atoms with E-state index in [1.807, 2.05) is 0 Å². The van der Waals surface area contributed by atoms with Crippen molar-refractivity contribution in [1.82, 2.24) is 0 Å². The van der Waals surface area contributed by atoms with E-state index in [2.05, 4.69) is 29.2 Å². The molecular formula is C31H50O12. The molecule has 0 amide bonds. The topological polar surface area (TPSA) is 150 Å². The molecule has 0 aromatic carbocycles. The maximum Gasteiger partial charge on any atom is 0.333 e. The number of rotatable bonds is 24. The van der Waals surface area contributed by atoms with E-state index in [9.17, 15) is 24.0 Å². The van der Waals surface area contributed by atoms with Crippen LogP contribution in [-0.4, -0.2) is 89.8 Å². The third kappa shape index (κ3) is 29.8. The van der Waals surface area contributed by atoms with E-state index in [0.717, 1.165) is 12.8 Å². The highest BCUT2D eigenvalue weighted by Crippen LogP contribution is 2.04. The molecule has 0 spiro atoms. The van der Waals surface area contributed by atoms with Crippen molar-refractivity contribution >= 4 is 29.8 Å². The number of esters is 5. The van der Waals surface area contributed by atoms with Crippen LogP contribution in [0.1, 0.15) is 72.1 Å². The van der Waals surface area contributed by atoms with Gasteiger partial charge in [-0.15, -0.1) is 0 Å². The quantitative estimate of drug-likeness (QED) is 0.0663. The van der Waals surface area contributed by atoms with Crippen molar-refractivity contribution in [3.8, 4) is 0 Å². The van der Waals surface area contributed by atoms with E-state index in [0.29, 0.717) is 81.7 Å². The lowest BCUT2D eigenvalue weighted by Crippen LogP contribution is -2.14. The SMILES string of the molecule is C=C(C)C(=O)OCCCCCC(=O)OCCOCCOC(=O)CCCCCOC(=O)C(=C)C.C=C(C)C(=O)OCCOC. The van der Waals surface area contributed by atoms with Crippen molar-refractivity contribution in [2.24, 2.45) is 0 Å². The summed E-state index contributed by atoms with van der Waals surface area (Å²) in [4.78, 5) is 56.2. The van der Waals surface area contributed by atoms with Crippen LogP contribution in [0.4, 0.5) is 0 Å². The minimum Gasteiger partial charge on any atom is -0.463 e. The van der Waals surface area contributed by atoms with Crippen molar-refractivity contribution in [2.45, 2.75) is 72.1 Å². The summed E-state index contributed by atoms with van der Waals surface area (Å²) in [5, 5.41) is 0. The molecule has 0 radical (unpaired) electrons. The Kier molecular flexibility index (Phi) is 27.7. The molecule has 12 heteroatoms. The van der Waals surface area contributed by atoms with E-state index in [-0.39, 0.29) is 44.3 Å². The van der Waals surface area contributed by atoms with Crippen molar-refractivity contribution in [1.29, 1.82) is 0 Å². The fourth-order valence-corrected chi connectivity index (χ4v) is 2.69. The smallest absolute Gasteiger partial charge is 0.333 e. The number of hydrogen-bond donors (Lipinski definition) is 0. The van der Waals surface area contributed by atoms with Crippen LogP contribution in [0.3, 0.4) is 0 Å². The van der Waals surface area contributed by atoms with E-state index in [4.69, 9.17) is 23.7 Å². The van der Waals surface area contributed by atoms with E-state index >= 15 is 0 Å². The van der Waals surface area contributed by atoms with Crippen LogP contribution in [0.25, 0.3) is 0 Å². The molecule has 0 aliphatic heterocycles. The lowest BCUT2D eigenvalue weighted by atomic mass is 10.2. The third-order valence-corrected chi connectivity index (χ3v) is 5.06. The van der Waals surface area contributed by atoms with Gasteiger partial charge in [0.25, 0.3) is 0 Å². The molecule has 0 unspecified atom stereocenters. The maximum atomic E-state index is 11.6. The first-order chi connectivity index (χ1) is 20.4. The first-order valence-electron chi connectivity index (χ1n) is 14.3. The summed E-state index contributed by atoms with van der Waals surface area (Å²) in [5.41, 5.74) is 1.15. The molecule has 12 nitrogen and oxygen atoms in total. The molecule has 0 bridgehead atoms. The zero-order valence-corrected chi connectivity index (χ0v) is 26.3. The highest BCUT2D eigenvalue weighted by atomic mass is 16.6. The molecule has 0 heterocycles. The normalized spacial score (nSPS) is 9.95. The number of carbonyl (C=O) groups is 5. The Hall–Kier alpha value is -3.51. The standard InChI is InChI=1S/C24H38O9.C7H12O3/c1-19(2)23(27)32-13-9-5-7-11-21(25)30-17-15-29-16-18-31-22(26)12-8-6-10-14-33-24(28)20(3)4;1-6(2)7(8)10-5-4-9-3/h1,3,5-18H2,2,4H3;1,4-5H2,2-3H3. The Bertz CT molecular complexity index is 824. The summed E-state index contributed by atoms with van der Waals surface area (Å²) in [7, 11) is 1.55. The highest BCUT2D eigenvalue weighted by molar-refractivity contribution is 5.87. The van der Waals surface area contributed by atoms with Crippen molar-refractivity contribution in [2.75, 3.05) is 60.0 Å². The first-order valence-corrected chi connectivity index (χ1v) is 14.3. The molecule has 43 heavy (non-hydrogen) atoms. The minimum absolute atomic E-state index is 0.138. The Balaban J connectivity index is 0. The molecule has 0 atom stereocenters. The molecule has 0 aromatic rings. The summed E-state index contributed by atoms with van der Waals surface area (Å²) in [6, 6.07) is 0. The second kappa shape index (κ2) is 28.6. The fourth-order valence-electron chi connectivity index (χ4n) is 2.69. The molecule has 246 valence electrons. The summed E-state index contributed by atoms with van der Waals surface area (Å²) >= 11 is 0. The largest absolute Gasteiger partial charge is 0.463 e. The van der Waals surface area contributed by atoms with Gasteiger partial charge >= 0.3 is 29.8 Å². The molecule has 0 aliphatic carbocycles. The summed E-state index contributed by atoms with van der Waals surface area (Å²) < 4.78 is 34.6. The zero-order chi connectivity index (χ0) is 32.9. The summed E-state index contributed by atoms with van der Waals surface area (Å²) in [5.74, 6) is -1.78. The molecule has 0 rings (SSSR count). The Labute approximate surface area is 255 Å². The monoisotopic (exact) mass is 614 g/mol. The van der Waals surface area contributed by atoms with Crippen molar-refractivity contribution in [3.05, 3.63) is 36.5 Å². The van der Waals surface area contributed by atoms with E-state index in [1.165, 1.54) is 0 Å². The third-order valence-electron chi connectivity index (χ3n) is 5.06. The van der Waals surface area contributed by atoms with Crippen LogP contribution >= 0.6 is 0 Å². The van der Waals surface area contributed by atoms with Gasteiger partial charge in [-0.1, -0.05) is 19.7 Å². The van der Waals surface area contributed by atoms with Crippen LogP contribution < -0.4 is 0 Å². The number of hydrogen-bond acceptors (Lipinski definition) is 12. The van der Waals surface area contributed by atoms with Gasteiger partial charge in [-0.3, -0.25) is 9.59 Å². The lowest BCUT2D eigenvalue weighted by molar-refractivity contribution is -0.147. The van der Waals surface area contributed by atoms with Gasteiger partial charge in [0.15, 0.2) is 0 Å². The molecular weight excluding hydrogens is 564 g/mol. The molecule has 0 fully saturated rings. The summed E-state index contributed by atoms with van der Waals surface area (Å²) in [6.07, 6.45) is 4.76. The Morgan fingerprint density at radius 2 is 0.791 bits per heavy atom. The van der Waals surface area contributed by atoms with E-state index in [1.54, 1.807) is 27.9 Å². The van der Waals surface area contributed by atoms with Gasteiger partial charge in [-0.05, 0) is 59.3 Å². The molecule has 0 saturated heterocycles. The summed E-state index contributed by atoms with van der Waals surface area (Å²) in [6.45, 7) is 17.3. The van der Waals surface area contributed by atoms with Crippen molar-refractivity contribution in [3.63, 3.8) is 0 Å². The first kappa shape index (κ1) is 41.6. The van der Waals surface area contributed by atoms with Gasteiger partial charge in [0.1, 0.15) is 19.8 Å². The average molecular weight is 615 g/mol. The minimum atomic E-state index is -0.403. The molecule has 0 N–H and O–H groups in total. The molecule has 0 saturated carbocycles. The number of ether oxygens (including phenoxy) is 7. The Morgan fingerprint density at radius 1 is 0.442 bits per heavy atom. The van der Waals surface area contributed by atoms with Gasteiger partial charge in [-0.2, -0.15) is 0 Å². The predicted molar refractivity (Wildman–Crippen MR) is 159 cm³/mol. The number of carbonyl (C=O) groups excluding carboxylic acids is 5. The van der Waals surface area contributed by atoms with Gasteiger partial charge in [0.2, 0.25) is 0 Å². The Morgan fingerprint density at radius 3 is 1.14 bits per heavy atom. The predicted octanol–water partition coefficient (Wildman–Crippen LogP) is 4.20. The second-order valence-corrected chi connectivity index (χ2v) is 9.42. The average Bonchev–Trinajstić information content (AvgIpc) is 2.95. The van der Waals surface area contributed by atoms with E-state index < -0.39 is 11.9 Å². The lowest BCUT2D eigenvalue weighted by Gasteiger charge is -2.08. The van der Waals surface area contributed by atoms with Crippen LogP contribution in [0.15, 0.2) is 36.5 Å². The van der Waals surface area contributed by atoms with Crippen LogP contribution in [0.2, 0.25) is 0 Å². The van der Waals surface area contributed by atoms with Gasteiger partial charge in [0, 0.05) is 36.7 Å². The fraction of sp³-hybridized carbons (Fsp3) is 0.645. The number of methoxy groups -OCH3 is 1. The van der Waals surface area contributed by atoms with Gasteiger partial charge in [-0.25, -0.2) is 14.4 Å². The van der Waals surface area contributed by atoms with Gasteiger partial charge < -0.3 is 33.2 Å². The van der Waals surface area contributed by atoms with Crippen molar-refractivity contribution < 1.29 is 57.1 Å². The van der Waals surface area contributed by atoms with Crippen LogP contribution in [0, 0.1) is 0 Å². The number of unbranched alkanes of at least 4 members (excludes halogenated alkanes) is 4. The second-order valence-electron chi connectivity index (χ2n) is 9.42.